The van der Waals surface area contributed by atoms with E-state index >= 15 is 0 Å². The molecule has 1 aliphatic heterocycles. The number of morpholine rings is 1. The van der Waals surface area contributed by atoms with Crippen LogP contribution in [0.1, 0.15) is 33.6 Å². The van der Waals surface area contributed by atoms with E-state index < -0.39 is 0 Å². The van der Waals surface area contributed by atoms with Gasteiger partial charge in [-0.05, 0) is 18.3 Å². The molecule has 0 aromatic rings. The van der Waals surface area contributed by atoms with Gasteiger partial charge in [-0.3, -0.25) is 4.90 Å². The van der Waals surface area contributed by atoms with Gasteiger partial charge >= 0.3 is 0 Å². The van der Waals surface area contributed by atoms with Crippen LogP contribution in [0.4, 0.5) is 0 Å². The largest absolute Gasteiger partial charge is 0.379 e. The molecule has 1 heterocycles. The molecule has 1 fully saturated rings. The van der Waals surface area contributed by atoms with Gasteiger partial charge < -0.3 is 4.74 Å². The predicted octanol–water partition coefficient (Wildman–Crippen LogP) is 2.39. The maximum Gasteiger partial charge on any atom is 0.0594 e. The van der Waals surface area contributed by atoms with Crippen LogP contribution >= 0.6 is 0 Å². The molecule has 14 heavy (non-hydrogen) atoms. The molecule has 2 heteroatoms. The fourth-order valence-corrected chi connectivity index (χ4v) is 2.15. The molecule has 0 spiro atoms. The third-order valence-corrected chi connectivity index (χ3v) is 3.18. The van der Waals surface area contributed by atoms with Crippen molar-refractivity contribution in [1.29, 1.82) is 0 Å². The molecule has 1 rings (SSSR count). The Morgan fingerprint density at radius 3 is 2.36 bits per heavy atom. The van der Waals surface area contributed by atoms with E-state index in [-0.39, 0.29) is 0 Å². The first-order valence-electron chi connectivity index (χ1n) is 6.02. The first-order valence-corrected chi connectivity index (χ1v) is 6.02. The molecule has 84 valence electrons. The standard InChI is InChI=1S/C12H25NO/c1-4-11(2)9-12(3)10-13-5-7-14-8-6-13/h11-12H,4-10H2,1-3H3/t11?,12-/m0/s1. The molecule has 1 saturated heterocycles. The summed E-state index contributed by atoms with van der Waals surface area (Å²) in [5.41, 5.74) is 0. The van der Waals surface area contributed by atoms with Gasteiger partial charge in [-0.2, -0.15) is 0 Å². The van der Waals surface area contributed by atoms with E-state index in [1.165, 1.54) is 19.4 Å². The Morgan fingerprint density at radius 1 is 1.14 bits per heavy atom. The lowest BCUT2D eigenvalue weighted by Crippen LogP contribution is -2.39. The highest BCUT2D eigenvalue weighted by atomic mass is 16.5. The quantitative estimate of drug-likeness (QED) is 0.674. The maximum absolute atomic E-state index is 5.34. The van der Waals surface area contributed by atoms with Crippen LogP contribution in [0.25, 0.3) is 0 Å². The van der Waals surface area contributed by atoms with E-state index in [9.17, 15) is 0 Å². The predicted molar refractivity (Wildman–Crippen MR) is 60.5 cm³/mol. The SMILES string of the molecule is CCC(C)C[C@H](C)CN1CCOCC1. The van der Waals surface area contributed by atoms with Crippen LogP contribution in [-0.2, 0) is 4.74 Å². The molecule has 1 unspecified atom stereocenters. The zero-order valence-electron chi connectivity index (χ0n) is 9.96. The van der Waals surface area contributed by atoms with Crippen LogP contribution in [0.15, 0.2) is 0 Å². The first kappa shape index (κ1) is 12.0. The van der Waals surface area contributed by atoms with Gasteiger partial charge in [0.1, 0.15) is 0 Å². The third-order valence-electron chi connectivity index (χ3n) is 3.18. The lowest BCUT2D eigenvalue weighted by Gasteiger charge is -2.29. The molecule has 0 saturated carbocycles. The van der Waals surface area contributed by atoms with Crippen LogP contribution in [0.2, 0.25) is 0 Å². The molecular weight excluding hydrogens is 174 g/mol. The number of rotatable bonds is 5. The van der Waals surface area contributed by atoms with Crippen molar-refractivity contribution in [2.45, 2.75) is 33.6 Å². The van der Waals surface area contributed by atoms with Gasteiger partial charge in [-0.15, -0.1) is 0 Å². The Bertz CT molecular complexity index is 143. The summed E-state index contributed by atoms with van der Waals surface area (Å²) in [7, 11) is 0. The van der Waals surface area contributed by atoms with E-state index in [1.807, 2.05) is 0 Å². The van der Waals surface area contributed by atoms with Crippen molar-refractivity contribution in [3.05, 3.63) is 0 Å². The fraction of sp³-hybridized carbons (Fsp3) is 1.00. The van der Waals surface area contributed by atoms with Crippen LogP contribution < -0.4 is 0 Å². The highest BCUT2D eigenvalue weighted by molar-refractivity contribution is 4.67. The lowest BCUT2D eigenvalue weighted by atomic mass is 9.95. The average Bonchev–Trinajstić information content (AvgIpc) is 2.19. The molecule has 0 N–H and O–H groups in total. The van der Waals surface area contributed by atoms with Crippen LogP contribution in [0, 0.1) is 11.8 Å². The third kappa shape index (κ3) is 4.43. The molecule has 0 radical (unpaired) electrons. The summed E-state index contributed by atoms with van der Waals surface area (Å²) in [4.78, 5) is 2.54. The van der Waals surface area contributed by atoms with Crippen molar-refractivity contribution in [2.75, 3.05) is 32.8 Å². The highest BCUT2D eigenvalue weighted by Gasteiger charge is 2.14. The normalized spacial score (nSPS) is 23.4. The van der Waals surface area contributed by atoms with Gasteiger partial charge in [-0.25, -0.2) is 0 Å². The van der Waals surface area contributed by atoms with Crippen molar-refractivity contribution < 1.29 is 4.74 Å². The minimum absolute atomic E-state index is 0.836. The van der Waals surface area contributed by atoms with Gasteiger partial charge in [0, 0.05) is 19.6 Å². The van der Waals surface area contributed by atoms with Gasteiger partial charge in [-0.1, -0.05) is 27.2 Å². The molecule has 2 atom stereocenters. The van der Waals surface area contributed by atoms with Crippen molar-refractivity contribution in [2.24, 2.45) is 11.8 Å². The molecule has 0 aliphatic carbocycles. The lowest BCUT2D eigenvalue weighted by molar-refractivity contribution is 0.0303. The van der Waals surface area contributed by atoms with E-state index in [0.717, 1.165) is 38.1 Å². The van der Waals surface area contributed by atoms with Crippen LogP contribution in [-0.4, -0.2) is 37.7 Å². The summed E-state index contributed by atoms with van der Waals surface area (Å²) >= 11 is 0. The Labute approximate surface area is 88.6 Å². The van der Waals surface area contributed by atoms with Gasteiger partial charge in [0.05, 0.1) is 13.2 Å². The van der Waals surface area contributed by atoms with E-state index in [4.69, 9.17) is 4.74 Å². The smallest absolute Gasteiger partial charge is 0.0594 e. The van der Waals surface area contributed by atoms with Crippen molar-refractivity contribution in [3.63, 3.8) is 0 Å². The van der Waals surface area contributed by atoms with Crippen molar-refractivity contribution >= 4 is 0 Å². The first-order chi connectivity index (χ1) is 6.72. The second-order valence-electron chi connectivity index (χ2n) is 4.77. The number of nitrogens with zero attached hydrogens (tertiary/aromatic N) is 1. The van der Waals surface area contributed by atoms with Gasteiger partial charge in [0.15, 0.2) is 0 Å². The maximum atomic E-state index is 5.34. The zero-order chi connectivity index (χ0) is 10.4. The van der Waals surface area contributed by atoms with Crippen LogP contribution in [0.5, 0.6) is 0 Å². The van der Waals surface area contributed by atoms with Gasteiger partial charge in [0.2, 0.25) is 0 Å². The second kappa shape index (κ2) is 6.41. The number of hydrogen-bond acceptors (Lipinski definition) is 2. The molecule has 0 aromatic carbocycles. The number of hydrogen-bond donors (Lipinski definition) is 0. The Balaban J connectivity index is 2.14. The van der Waals surface area contributed by atoms with E-state index in [1.54, 1.807) is 0 Å². The highest BCUT2D eigenvalue weighted by Crippen LogP contribution is 2.16. The summed E-state index contributed by atoms with van der Waals surface area (Å²) in [5.74, 6) is 1.72. The fourth-order valence-electron chi connectivity index (χ4n) is 2.15. The van der Waals surface area contributed by atoms with Crippen LogP contribution in [0.3, 0.4) is 0 Å². The summed E-state index contributed by atoms with van der Waals surface area (Å²) in [6, 6.07) is 0. The summed E-state index contributed by atoms with van der Waals surface area (Å²) in [6.07, 6.45) is 2.68. The molecular formula is C12H25NO. The average molecular weight is 199 g/mol. The molecule has 0 amide bonds. The van der Waals surface area contributed by atoms with Crippen molar-refractivity contribution in [1.82, 2.24) is 4.90 Å². The Hall–Kier alpha value is -0.0800. The topological polar surface area (TPSA) is 12.5 Å². The van der Waals surface area contributed by atoms with E-state index in [0.29, 0.717) is 0 Å². The van der Waals surface area contributed by atoms with Gasteiger partial charge in [0.25, 0.3) is 0 Å². The molecule has 0 aromatic heterocycles. The molecule has 1 aliphatic rings. The monoisotopic (exact) mass is 199 g/mol. The second-order valence-corrected chi connectivity index (χ2v) is 4.77. The number of ether oxygens (including phenoxy) is 1. The minimum Gasteiger partial charge on any atom is -0.379 e. The summed E-state index contributed by atoms with van der Waals surface area (Å²) in [5, 5.41) is 0. The molecule has 2 nitrogen and oxygen atoms in total. The summed E-state index contributed by atoms with van der Waals surface area (Å²) in [6.45, 7) is 12.4. The van der Waals surface area contributed by atoms with Crippen molar-refractivity contribution in [3.8, 4) is 0 Å². The minimum atomic E-state index is 0.836. The van der Waals surface area contributed by atoms with E-state index in [2.05, 4.69) is 25.7 Å². The Morgan fingerprint density at radius 2 is 1.79 bits per heavy atom. The zero-order valence-corrected chi connectivity index (χ0v) is 9.96. The summed E-state index contributed by atoms with van der Waals surface area (Å²) < 4.78 is 5.34. The Kier molecular flexibility index (Phi) is 5.49. The molecule has 0 bridgehead atoms.